The maximum Gasteiger partial charge on any atom is 0.0824 e. The van der Waals surface area contributed by atoms with Crippen molar-refractivity contribution in [3.8, 4) is 0 Å². The number of aliphatic hydroxyl groups is 1. The van der Waals surface area contributed by atoms with E-state index in [9.17, 15) is 5.11 Å². The van der Waals surface area contributed by atoms with Gasteiger partial charge >= 0.3 is 0 Å². The van der Waals surface area contributed by atoms with E-state index < -0.39 is 0 Å². The number of fused-ring (bicyclic) bond motifs is 6. The molecule has 0 saturated heterocycles. The van der Waals surface area contributed by atoms with Gasteiger partial charge in [-0.3, -0.25) is 0 Å². The highest BCUT2D eigenvalue weighted by molar-refractivity contribution is 5.36. The van der Waals surface area contributed by atoms with E-state index in [2.05, 4.69) is 18.2 Å². The summed E-state index contributed by atoms with van der Waals surface area (Å²) in [5.41, 5.74) is 4.26. The second-order valence-electron chi connectivity index (χ2n) is 7.75. The molecule has 5 rings (SSSR count). The molecule has 1 N–H and O–H groups in total. The van der Waals surface area contributed by atoms with Crippen molar-refractivity contribution in [2.45, 2.75) is 51.0 Å². The van der Waals surface area contributed by atoms with Gasteiger partial charge in [-0.15, -0.1) is 0 Å². The highest BCUT2D eigenvalue weighted by atomic mass is 16.3. The van der Waals surface area contributed by atoms with Crippen LogP contribution in [0.5, 0.6) is 0 Å². The van der Waals surface area contributed by atoms with Crippen LogP contribution in [0.25, 0.3) is 0 Å². The largest absolute Gasteiger partial charge is 0.388 e. The van der Waals surface area contributed by atoms with E-state index in [-0.39, 0.29) is 6.10 Å². The Labute approximate surface area is 121 Å². The Kier molecular flexibility index (Phi) is 2.42. The molecule has 2 bridgehead atoms. The van der Waals surface area contributed by atoms with Crippen LogP contribution in [0, 0.1) is 29.6 Å². The summed E-state index contributed by atoms with van der Waals surface area (Å²) in [5, 5.41) is 10.8. The number of aliphatic hydroxyl groups excluding tert-OH is 1. The second-order valence-corrected chi connectivity index (χ2v) is 7.75. The fourth-order valence-corrected chi connectivity index (χ4v) is 5.97. The molecule has 20 heavy (non-hydrogen) atoms. The first-order valence-corrected chi connectivity index (χ1v) is 8.63. The SMILES string of the molecule is OC(c1ccc2c(c1)CCCC2)C1C2C3CCC(C3)C21. The van der Waals surface area contributed by atoms with Gasteiger partial charge in [-0.25, -0.2) is 0 Å². The summed E-state index contributed by atoms with van der Waals surface area (Å²) in [6, 6.07) is 6.83. The smallest absolute Gasteiger partial charge is 0.0824 e. The lowest BCUT2D eigenvalue weighted by molar-refractivity contribution is 0.130. The van der Waals surface area contributed by atoms with E-state index in [1.165, 1.54) is 61.6 Å². The monoisotopic (exact) mass is 268 g/mol. The summed E-state index contributed by atoms with van der Waals surface area (Å²) in [6.45, 7) is 0. The van der Waals surface area contributed by atoms with Crippen LogP contribution >= 0.6 is 0 Å². The predicted molar refractivity (Wildman–Crippen MR) is 79.3 cm³/mol. The number of aryl methyl sites for hydroxylation is 2. The molecule has 106 valence electrons. The Hall–Kier alpha value is -0.820. The molecule has 1 heteroatoms. The summed E-state index contributed by atoms with van der Waals surface area (Å²) in [5.74, 6) is 4.27. The maximum atomic E-state index is 10.8. The molecule has 1 nitrogen and oxygen atoms in total. The summed E-state index contributed by atoms with van der Waals surface area (Å²) < 4.78 is 0. The molecule has 5 atom stereocenters. The first kappa shape index (κ1) is 11.8. The number of benzene rings is 1. The molecule has 3 fully saturated rings. The molecule has 1 aromatic rings. The van der Waals surface area contributed by atoms with E-state index in [4.69, 9.17) is 0 Å². The summed E-state index contributed by atoms with van der Waals surface area (Å²) in [4.78, 5) is 0. The van der Waals surface area contributed by atoms with Gasteiger partial charge in [-0.05, 0) is 91.2 Å². The Bertz CT molecular complexity index is 533. The van der Waals surface area contributed by atoms with Crippen LogP contribution in [0.15, 0.2) is 18.2 Å². The lowest BCUT2D eigenvalue weighted by atomic mass is 9.88. The quantitative estimate of drug-likeness (QED) is 0.862. The molecule has 5 unspecified atom stereocenters. The van der Waals surface area contributed by atoms with Crippen molar-refractivity contribution >= 4 is 0 Å². The Morgan fingerprint density at radius 2 is 1.65 bits per heavy atom. The van der Waals surface area contributed by atoms with Crippen LogP contribution in [-0.4, -0.2) is 5.11 Å². The molecule has 0 amide bonds. The average Bonchev–Trinajstić information content (AvgIpc) is 2.93. The molecule has 4 aliphatic carbocycles. The van der Waals surface area contributed by atoms with Crippen LogP contribution < -0.4 is 0 Å². The van der Waals surface area contributed by atoms with Gasteiger partial charge < -0.3 is 5.11 Å². The predicted octanol–water partition coefficient (Wildman–Crippen LogP) is 3.89. The van der Waals surface area contributed by atoms with Crippen molar-refractivity contribution in [2.24, 2.45) is 29.6 Å². The summed E-state index contributed by atoms with van der Waals surface area (Å²) in [6.07, 6.45) is 9.31. The van der Waals surface area contributed by atoms with Crippen LogP contribution in [0.2, 0.25) is 0 Å². The molecule has 0 radical (unpaired) electrons. The molecule has 0 aromatic heterocycles. The average molecular weight is 268 g/mol. The third-order valence-electron chi connectivity index (χ3n) is 6.87. The third kappa shape index (κ3) is 1.53. The lowest BCUT2D eigenvalue weighted by Gasteiger charge is -2.20. The minimum atomic E-state index is -0.180. The van der Waals surface area contributed by atoms with Crippen molar-refractivity contribution in [3.63, 3.8) is 0 Å². The molecule has 0 spiro atoms. The molecule has 0 heterocycles. The van der Waals surface area contributed by atoms with Gasteiger partial charge in [0.25, 0.3) is 0 Å². The standard InChI is InChI=1S/C19H24O/c20-19(18-16-13-6-7-14(10-13)17(16)18)15-8-5-11-3-1-2-4-12(11)9-15/h5,8-9,13-14,16-20H,1-4,6-7,10H2. The minimum absolute atomic E-state index is 0.180. The molecular weight excluding hydrogens is 244 g/mol. The second kappa shape index (κ2) is 4.10. The number of hydrogen-bond acceptors (Lipinski definition) is 1. The minimum Gasteiger partial charge on any atom is -0.388 e. The van der Waals surface area contributed by atoms with E-state index in [1.54, 1.807) is 0 Å². The van der Waals surface area contributed by atoms with Gasteiger partial charge in [0, 0.05) is 0 Å². The molecule has 3 saturated carbocycles. The van der Waals surface area contributed by atoms with Gasteiger partial charge in [0.05, 0.1) is 6.10 Å². The van der Waals surface area contributed by atoms with E-state index in [0.29, 0.717) is 5.92 Å². The Morgan fingerprint density at radius 1 is 0.950 bits per heavy atom. The highest BCUT2D eigenvalue weighted by Crippen LogP contribution is 2.72. The zero-order chi connectivity index (χ0) is 13.3. The molecule has 0 aliphatic heterocycles. The first-order valence-electron chi connectivity index (χ1n) is 8.63. The van der Waals surface area contributed by atoms with Gasteiger partial charge in [-0.2, -0.15) is 0 Å². The zero-order valence-electron chi connectivity index (χ0n) is 12.1. The van der Waals surface area contributed by atoms with Gasteiger partial charge in [0.1, 0.15) is 0 Å². The van der Waals surface area contributed by atoms with Crippen LogP contribution in [0.3, 0.4) is 0 Å². The van der Waals surface area contributed by atoms with E-state index in [0.717, 1.165) is 23.7 Å². The first-order chi connectivity index (χ1) is 9.83. The summed E-state index contributed by atoms with van der Waals surface area (Å²) in [7, 11) is 0. The van der Waals surface area contributed by atoms with Gasteiger partial charge in [-0.1, -0.05) is 18.2 Å². The molecule has 4 aliphatic rings. The summed E-state index contributed by atoms with van der Waals surface area (Å²) >= 11 is 0. The number of hydrogen-bond donors (Lipinski definition) is 1. The van der Waals surface area contributed by atoms with Crippen molar-refractivity contribution < 1.29 is 5.11 Å². The normalized spacial score (nSPS) is 42.1. The molecule has 1 aromatic carbocycles. The maximum absolute atomic E-state index is 10.8. The van der Waals surface area contributed by atoms with Crippen molar-refractivity contribution in [3.05, 3.63) is 34.9 Å². The van der Waals surface area contributed by atoms with E-state index >= 15 is 0 Å². The van der Waals surface area contributed by atoms with Crippen LogP contribution in [0.1, 0.15) is 54.9 Å². The van der Waals surface area contributed by atoms with Crippen molar-refractivity contribution in [1.82, 2.24) is 0 Å². The molecular formula is C19H24O. The fraction of sp³-hybridized carbons (Fsp3) is 0.684. The van der Waals surface area contributed by atoms with E-state index in [1.807, 2.05) is 0 Å². The highest BCUT2D eigenvalue weighted by Gasteiger charge is 2.66. The topological polar surface area (TPSA) is 20.2 Å². The van der Waals surface area contributed by atoms with Crippen LogP contribution in [-0.2, 0) is 12.8 Å². The zero-order valence-corrected chi connectivity index (χ0v) is 12.1. The van der Waals surface area contributed by atoms with Crippen molar-refractivity contribution in [1.29, 1.82) is 0 Å². The van der Waals surface area contributed by atoms with Gasteiger partial charge in [0.15, 0.2) is 0 Å². The van der Waals surface area contributed by atoms with Crippen molar-refractivity contribution in [2.75, 3.05) is 0 Å². The van der Waals surface area contributed by atoms with Crippen LogP contribution in [0.4, 0.5) is 0 Å². The Balaban J connectivity index is 1.41. The third-order valence-corrected chi connectivity index (χ3v) is 6.87. The fourth-order valence-electron chi connectivity index (χ4n) is 5.97. The number of rotatable bonds is 2. The Morgan fingerprint density at radius 3 is 2.40 bits per heavy atom. The van der Waals surface area contributed by atoms with Gasteiger partial charge in [0.2, 0.25) is 0 Å². The lowest BCUT2D eigenvalue weighted by Crippen LogP contribution is -2.10.